The SMILES string of the molecule is Cc1ccoc1C(=O)N1CCn2cc(CC(=O)NCc3ccccn3)nc2C1C. The highest BCUT2D eigenvalue weighted by molar-refractivity contribution is 5.93. The van der Waals surface area contributed by atoms with Crippen molar-refractivity contribution in [2.24, 2.45) is 0 Å². The van der Waals surface area contributed by atoms with Gasteiger partial charge in [0.1, 0.15) is 5.82 Å². The van der Waals surface area contributed by atoms with E-state index in [1.54, 1.807) is 17.2 Å². The van der Waals surface area contributed by atoms with Crippen LogP contribution in [0.5, 0.6) is 0 Å². The fourth-order valence-electron chi connectivity index (χ4n) is 3.55. The fraction of sp³-hybridized carbons (Fsp3) is 0.333. The Kier molecular flexibility index (Phi) is 5.16. The summed E-state index contributed by atoms with van der Waals surface area (Å²) in [6, 6.07) is 7.17. The Labute approximate surface area is 168 Å². The molecule has 4 heterocycles. The predicted molar refractivity (Wildman–Crippen MR) is 105 cm³/mol. The minimum absolute atomic E-state index is 0.113. The van der Waals surface area contributed by atoms with Crippen LogP contribution in [0.15, 0.2) is 47.3 Å². The Morgan fingerprint density at radius 2 is 2.10 bits per heavy atom. The van der Waals surface area contributed by atoms with Crippen LogP contribution in [0.25, 0.3) is 0 Å². The molecule has 3 aromatic heterocycles. The highest BCUT2D eigenvalue weighted by Gasteiger charge is 2.32. The maximum atomic E-state index is 12.8. The molecule has 0 fully saturated rings. The molecule has 1 N–H and O–H groups in total. The van der Waals surface area contributed by atoms with Gasteiger partial charge in [-0.15, -0.1) is 0 Å². The summed E-state index contributed by atoms with van der Waals surface area (Å²) in [4.78, 5) is 35.7. The molecular formula is C21H23N5O3. The van der Waals surface area contributed by atoms with E-state index < -0.39 is 0 Å². The number of hydrogen-bond donors (Lipinski definition) is 1. The molecule has 150 valence electrons. The zero-order chi connectivity index (χ0) is 20.4. The molecule has 0 aliphatic carbocycles. The van der Waals surface area contributed by atoms with E-state index in [0.29, 0.717) is 31.1 Å². The maximum absolute atomic E-state index is 12.8. The summed E-state index contributed by atoms with van der Waals surface area (Å²) in [5.74, 6) is 0.897. The average molecular weight is 393 g/mol. The lowest BCUT2D eigenvalue weighted by atomic mass is 10.1. The van der Waals surface area contributed by atoms with Gasteiger partial charge < -0.3 is 19.2 Å². The fourth-order valence-corrected chi connectivity index (χ4v) is 3.55. The number of aromatic nitrogens is 3. The first-order valence-corrected chi connectivity index (χ1v) is 9.60. The van der Waals surface area contributed by atoms with Crippen LogP contribution >= 0.6 is 0 Å². The summed E-state index contributed by atoms with van der Waals surface area (Å²) in [7, 11) is 0. The van der Waals surface area contributed by atoms with Gasteiger partial charge in [0.15, 0.2) is 5.76 Å². The summed E-state index contributed by atoms with van der Waals surface area (Å²) in [6.45, 7) is 5.38. The van der Waals surface area contributed by atoms with E-state index in [4.69, 9.17) is 4.42 Å². The molecule has 1 aliphatic rings. The largest absolute Gasteiger partial charge is 0.459 e. The first-order valence-electron chi connectivity index (χ1n) is 9.60. The topological polar surface area (TPSA) is 93.3 Å². The molecule has 2 amide bonds. The van der Waals surface area contributed by atoms with E-state index in [0.717, 1.165) is 17.1 Å². The van der Waals surface area contributed by atoms with Crippen LogP contribution in [0.2, 0.25) is 0 Å². The number of rotatable bonds is 5. The number of imidazole rings is 1. The highest BCUT2D eigenvalue weighted by atomic mass is 16.3. The van der Waals surface area contributed by atoms with Crippen molar-refractivity contribution < 1.29 is 14.0 Å². The van der Waals surface area contributed by atoms with Gasteiger partial charge in [-0.3, -0.25) is 14.6 Å². The van der Waals surface area contributed by atoms with Gasteiger partial charge in [0.2, 0.25) is 5.91 Å². The molecule has 0 saturated carbocycles. The third-order valence-corrected chi connectivity index (χ3v) is 5.13. The number of nitrogens with one attached hydrogen (secondary N) is 1. The van der Waals surface area contributed by atoms with Gasteiger partial charge in [-0.2, -0.15) is 0 Å². The summed E-state index contributed by atoms with van der Waals surface area (Å²) in [6.07, 6.45) is 5.31. The van der Waals surface area contributed by atoms with Crippen molar-refractivity contribution in [3.05, 3.63) is 71.5 Å². The van der Waals surface area contributed by atoms with Gasteiger partial charge in [0, 0.05) is 31.0 Å². The van der Waals surface area contributed by atoms with E-state index in [1.165, 1.54) is 6.26 Å². The number of furan rings is 1. The molecule has 8 nitrogen and oxygen atoms in total. The second-order valence-corrected chi connectivity index (χ2v) is 7.17. The molecule has 0 aromatic carbocycles. The van der Waals surface area contributed by atoms with Gasteiger partial charge >= 0.3 is 0 Å². The van der Waals surface area contributed by atoms with Gasteiger partial charge in [0.05, 0.1) is 36.7 Å². The van der Waals surface area contributed by atoms with Crippen LogP contribution in [0.3, 0.4) is 0 Å². The number of aryl methyl sites for hydroxylation is 1. The number of carbonyl (C=O) groups excluding carboxylic acids is 2. The quantitative estimate of drug-likeness (QED) is 0.718. The lowest BCUT2D eigenvalue weighted by Gasteiger charge is -2.33. The van der Waals surface area contributed by atoms with E-state index in [1.807, 2.05) is 42.8 Å². The maximum Gasteiger partial charge on any atom is 0.290 e. The Morgan fingerprint density at radius 3 is 2.83 bits per heavy atom. The van der Waals surface area contributed by atoms with Crippen LogP contribution in [0.1, 0.15) is 46.3 Å². The standard InChI is InChI=1S/C21H23N5O3/c1-14-6-10-29-19(14)21(28)26-9-8-25-13-17(24-20(25)15(26)2)11-18(27)23-12-16-5-3-4-7-22-16/h3-7,10,13,15H,8-9,11-12H2,1-2H3,(H,23,27). The van der Waals surface area contributed by atoms with Crippen LogP contribution in [-0.2, 0) is 24.3 Å². The number of nitrogens with zero attached hydrogens (tertiary/aromatic N) is 4. The molecule has 0 radical (unpaired) electrons. The highest BCUT2D eigenvalue weighted by Crippen LogP contribution is 2.27. The van der Waals surface area contributed by atoms with Crippen molar-refractivity contribution in [1.29, 1.82) is 0 Å². The minimum atomic E-state index is -0.203. The summed E-state index contributed by atoms with van der Waals surface area (Å²) >= 11 is 0. The van der Waals surface area contributed by atoms with Crippen molar-refractivity contribution >= 4 is 11.8 Å². The third kappa shape index (κ3) is 3.91. The van der Waals surface area contributed by atoms with Crippen molar-refractivity contribution in [2.75, 3.05) is 6.54 Å². The van der Waals surface area contributed by atoms with Gasteiger partial charge in [-0.05, 0) is 32.0 Å². The number of hydrogen-bond acceptors (Lipinski definition) is 5. The zero-order valence-electron chi connectivity index (χ0n) is 16.5. The molecule has 3 aromatic rings. The van der Waals surface area contributed by atoms with Crippen molar-refractivity contribution in [1.82, 2.24) is 24.8 Å². The molecule has 29 heavy (non-hydrogen) atoms. The second-order valence-electron chi connectivity index (χ2n) is 7.17. The molecular weight excluding hydrogens is 370 g/mol. The summed E-state index contributed by atoms with van der Waals surface area (Å²) in [5.41, 5.74) is 2.32. The minimum Gasteiger partial charge on any atom is -0.459 e. The molecule has 0 bridgehead atoms. The van der Waals surface area contributed by atoms with E-state index in [9.17, 15) is 9.59 Å². The monoisotopic (exact) mass is 393 g/mol. The Bertz CT molecular complexity index is 1020. The van der Waals surface area contributed by atoms with Gasteiger partial charge in [-0.1, -0.05) is 6.07 Å². The predicted octanol–water partition coefficient (Wildman–Crippen LogP) is 2.26. The number of pyridine rings is 1. The third-order valence-electron chi connectivity index (χ3n) is 5.13. The van der Waals surface area contributed by atoms with Crippen LogP contribution in [0.4, 0.5) is 0 Å². The molecule has 1 aliphatic heterocycles. The Morgan fingerprint density at radius 1 is 1.24 bits per heavy atom. The number of fused-ring (bicyclic) bond motifs is 1. The molecule has 1 atom stereocenters. The first-order chi connectivity index (χ1) is 14.0. The van der Waals surface area contributed by atoms with E-state index >= 15 is 0 Å². The van der Waals surface area contributed by atoms with Gasteiger partial charge in [0.25, 0.3) is 5.91 Å². The molecule has 8 heteroatoms. The molecule has 4 rings (SSSR count). The lowest BCUT2D eigenvalue weighted by molar-refractivity contribution is -0.120. The summed E-state index contributed by atoms with van der Waals surface area (Å²) in [5, 5.41) is 2.86. The lowest BCUT2D eigenvalue weighted by Crippen LogP contribution is -2.41. The van der Waals surface area contributed by atoms with E-state index in [-0.39, 0.29) is 24.3 Å². The van der Waals surface area contributed by atoms with Crippen molar-refractivity contribution in [3.63, 3.8) is 0 Å². The normalized spacial score (nSPS) is 15.8. The smallest absolute Gasteiger partial charge is 0.290 e. The Balaban J connectivity index is 1.41. The van der Waals surface area contributed by atoms with Gasteiger partial charge in [-0.25, -0.2) is 4.98 Å². The summed E-state index contributed by atoms with van der Waals surface area (Å²) < 4.78 is 7.38. The van der Waals surface area contributed by atoms with Crippen molar-refractivity contribution in [2.45, 2.75) is 39.4 Å². The number of carbonyl (C=O) groups is 2. The second kappa shape index (κ2) is 7.90. The molecule has 1 unspecified atom stereocenters. The van der Waals surface area contributed by atoms with Crippen LogP contribution < -0.4 is 5.32 Å². The zero-order valence-corrected chi connectivity index (χ0v) is 16.5. The van der Waals surface area contributed by atoms with Crippen LogP contribution in [-0.4, -0.2) is 37.8 Å². The van der Waals surface area contributed by atoms with Crippen molar-refractivity contribution in [3.8, 4) is 0 Å². The Hall–Kier alpha value is -3.42. The average Bonchev–Trinajstić information content (AvgIpc) is 3.33. The molecule has 0 saturated heterocycles. The van der Waals surface area contributed by atoms with E-state index in [2.05, 4.69) is 15.3 Å². The first kappa shape index (κ1) is 18.9. The number of amides is 2. The van der Waals surface area contributed by atoms with Crippen LogP contribution in [0, 0.1) is 6.92 Å². The molecule has 0 spiro atoms.